The van der Waals surface area contributed by atoms with Crippen LogP contribution in [0.4, 0.5) is 0 Å². The Labute approximate surface area is 167 Å². The summed E-state index contributed by atoms with van der Waals surface area (Å²) < 4.78 is 42.0. The molecule has 28 heavy (non-hydrogen) atoms. The Morgan fingerprint density at radius 3 is 1.93 bits per heavy atom. The van der Waals surface area contributed by atoms with E-state index in [-0.39, 0.29) is 5.75 Å². The predicted octanol–water partition coefficient (Wildman–Crippen LogP) is 3.77. The van der Waals surface area contributed by atoms with Gasteiger partial charge in [0.15, 0.2) is 9.84 Å². The van der Waals surface area contributed by atoms with Gasteiger partial charge in [0.2, 0.25) is 0 Å². The van der Waals surface area contributed by atoms with E-state index in [4.69, 9.17) is 13.3 Å². The summed E-state index contributed by atoms with van der Waals surface area (Å²) in [7, 11) is -1.43. The van der Waals surface area contributed by atoms with Gasteiger partial charge in [0.05, 0.1) is 10.6 Å². The van der Waals surface area contributed by atoms with Gasteiger partial charge in [-0.15, -0.1) is 0 Å². The molecular formula is C21H24O5SSi. The van der Waals surface area contributed by atoms with Gasteiger partial charge in [-0.25, -0.2) is 8.42 Å². The first kappa shape index (κ1) is 20.7. The Morgan fingerprint density at radius 1 is 0.750 bits per heavy atom. The van der Waals surface area contributed by atoms with Crippen LogP contribution in [-0.2, 0) is 34.9 Å². The standard InChI is InChI=1S/C21H24O5SSi/c1-24-28(25-2,26-3)16-18-10-8-17(9-11-18)15-27(22,23)21-13-12-19-6-4-5-7-20(19)14-21/h4-14H,15-16H2,1-3H3. The van der Waals surface area contributed by atoms with Crippen LogP contribution in [0.15, 0.2) is 71.6 Å². The molecule has 0 aliphatic heterocycles. The number of sulfone groups is 1. The van der Waals surface area contributed by atoms with Crippen LogP contribution in [-0.4, -0.2) is 38.6 Å². The summed E-state index contributed by atoms with van der Waals surface area (Å²) >= 11 is 0. The zero-order valence-corrected chi connectivity index (χ0v) is 18.0. The van der Waals surface area contributed by atoms with Crippen LogP contribution in [0.2, 0.25) is 0 Å². The molecule has 0 bridgehead atoms. The molecule has 0 aliphatic rings. The number of hydrogen-bond acceptors (Lipinski definition) is 5. The molecule has 7 heteroatoms. The molecule has 0 N–H and O–H groups in total. The minimum atomic E-state index is -3.43. The first-order chi connectivity index (χ1) is 13.4. The third kappa shape index (κ3) is 4.51. The van der Waals surface area contributed by atoms with Gasteiger partial charge < -0.3 is 13.3 Å². The fraction of sp³-hybridized carbons (Fsp3) is 0.238. The van der Waals surface area contributed by atoms with E-state index >= 15 is 0 Å². The number of rotatable bonds is 8. The third-order valence-corrected chi connectivity index (χ3v) is 9.21. The molecule has 0 radical (unpaired) electrons. The van der Waals surface area contributed by atoms with E-state index in [1.807, 2.05) is 54.6 Å². The largest absolute Gasteiger partial charge is 0.504 e. The van der Waals surface area contributed by atoms with Gasteiger partial charge in [-0.05, 0) is 34.0 Å². The van der Waals surface area contributed by atoms with E-state index in [9.17, 15) is 8.42 Å². The van der Waals surface area contributed by atoms with Crippen LogP contribution in [0.1, 0.15) is 11.1 Å². The van der Waals surface area contributed by atoms with Crippen LogP contribution in [0.5, 0.6) is 0 Å². The second-order valence-corrected chi connectivity index (χ2v) is 11.5. The Hall–Kier alpha value is -2.03. The normalized spacial score (nSPS) is 12.4. The number of hydrogen-bond donors (Lipinski definition) is 0. The third-order valence-electron chi connectivity index (χ3n) is 4.81. The summed E-state index contributed by atoms with van der Waals surface area (Å²) in [6, 6.07) is 20.9. The van der Waals surface area contributed by atoms with Crippen LogP contribution >= 0.6 is 0 Å². The predicted molar refractivity (Wildman–Crippen MR) is 112 cm³/mol. The lowest BCUT2D eigenvalue weighted by Gasteiger charge is -2.24. The summed E-state index contributed by atoms with van der Waals surface area (Å²) in [5.74, 6) is -0.0486. The van der Waals surface area contributed by atoms with Crippen LogP contribution in [0.25, 0.3) is 10.8 Å². The smallest absolute Gasteiger partial charge is 0.377 e. The average molecular weight is 417 g/mol. The van der Waals surface area contributed by atoms with Crippen molar-refractivity contribution in [3.05, 3.63) is 77.9 Å². The van der Waals surface area contributed by atoms with Crippen molar-refractivity contribution in [2.45, 2.75) is 16.7 Å². The molecular weight excluding hydrogens is 392 g/mol. The highest BCUT2D eigenvalue weighted by atomic mass is 32.2. The van der Waals surface area contributed by atoms with Crippen molar-refractivity contribution in [2.24, 2.45) is 0 Å². The SMILES string of the molecule is CO[Si](Cc1ccc(CS(=O)(=O)c2ccc3ccccc3c2)cc1)(OC)OC. The Morgan fingerprint density at radius 2 is 1.32 bits per heavy atom. The lowest BCUT2D eigenvalue weighted by molar-refractivity contribution is 0.122. The minimum absolute atomic E-state index is 0.0486. The van der Waals surface area contributed by atoms with Crippen molar-refractivity contribution >= 4 is 29.4 Å². The molecule has 0 saturated carbocycles. The molecule has 0 aliphatic carbocycles. The highest BCUT2D eigenvalue weighted by Gasteiger charge is 2.37. The zero-order chi connectivity index (χ0) is 20.2. The van der Waals surface area contributed by atoms with E-state index < -0.39 is 18.6 Å². The molecule has 0 amide bonds. The lowest BCUT2D eigenvalue weighted by Crippen LogP contribution is -2.45. The van der Waals surface area contributed by atoms with Crippen molar-refractivity contribution in [3.63, 3.8) is 0 Å². The average Bonchev–Trinajstić information content (AvgIpc) is 2.73. The Balaban J connectivity index is 1.78. The second-order valence-electron chi connectivity index (χ2n) is 6.56. The van der Waals surface area contributed by atoms with E-state index in [0.717, 1.165) is 21.9 Å². The van der Waals surface area contributed by atoms with Crippen molar-refractivity contribution in [3.8, 4) is 0 Å². The summed E-state index contributed by atoms with van der Waals surface area (Å²) in [6.45, 7) is 0. The molecule has 0 unspecified atom stereocenters. The summed E-state index contributed by atoms with van der Waals surface area (Å²) in [6.07, 6.45) is 0. The fourth-order valence-electron chi connectivity index (χ4n) is 3.13. The number of fused-ring (bicyclic) bond motifs is 1. The first-order valence-electron chi connectivity index (χ1n) is 8.86. The molecule has 3 aromatic rings. The van der Waals surface area contributed by atoms with E-state index in [1.54, 1.807) is 33.5 Å². The molecule has 3 rings (SSSR count). The minimum Gasteiger partial charge on any atom is -0.377 e. The molecule has 0 fully saturated rings. The van der Waals surface area contributed by atoms with E-state index in [2.05, 4.69) is 0 Å². The quantitative estimate of drug-likeness (QED) is 0.523. The topological polar surface area (TPSA) is 61.8 Å². The van der Waals surface area contributed by atoms with Gasteiger partial charge >= 0.3 is 8.80 Å². The van der Waals surface area contributed by atoms with Crippen molar-refractivity contribution in [1.82, 2.24) is 0 Å². The summed E-state index contributed by atoms with van der Waals surface area (Å²) in [5, 5.41) is 1.94. The Bertz CT molecular complexity index is 1040. The first-order valence-corrected chi connectivity index (χ1v) is 12.4. The zero-order valence-electron chi connectivity index (χ0n) is 16.2. The number of benzene rings is 3. The molecule has 0 heterocycles. The highest BCUT2D eigenvalue weighted by molar-refractivity contribution is 7.90. The fourth-order valence-corrected chi connectivity index (χ4v) is 6.18. The molecule has 3 aromatic carbocycles. The van der Waals surface area contributed by atoms with Crippen LogP contribution in [0, 0.1) is 0 Å². The summed E-state index contributed by atoms with van der Waals surface area (Å²) in [4.78, 5) is 0.333. The maximum absolute atomic E-state index is 12.8. The van der Waals surface area contributed by atoms with Crippen molar-refractivity contribution in [2.75, 3.05) is 21.3 Å². The van der Waals surface area contributed by atoms with Gasteiger partial charge in [-0.2, -0.15) is 0 Å². The lowest BCUT2D eigenvalue weighted by atomic mass is 10.1. The van der Waals surface area contributed by atoms with Crippen LogP contribution < -0.4 is 0 Å². The van der Waals surface area contributed by atoms with E-state index in [1.165, 1.54) is 0 Å². The van der Waals surface area contributed by atoms with Gasteiger partial charge in [-0.1, -0.05) is 54.6 Å². The maximum Gasteiger partial charge on any atom is 0.504 e. The van der Waals surface area contributed by atoms with Gasteiger partial charge in [-0.3, -0.25) is 0 Å². The molecule has 148 valence electrons. The van der Waals surface area contributed by atoms with Crippen molar-refractivity contribution < 1.29 is 21.7 Å². The maximum atomic E-state index is 12.8. The molecule has 0 saturated heterocycles. The monoisotopic (exact) mass is 416 g/mol. The van der Waals surface area contributed by atoms with Gasteiger partial charge in [0.1, 0.15) is 0 Å². The molecule has 0 aromatic heterocycles. The summed E-state index contributed by atoms with van der Waals surface area (Å²) in [5.41, 5.74) is 1.71. The second kappa shape index (κ2) is 8.55. The van der Waals surface area contributed by atoms with E-state index in [0.29, 0.717) is 10.9 Å². The van der Waals surface area contributed by atoms with Crippen molar-refractivity contribution in [1.29, 1.82) is 0 Å². The molecule has 5 nitrogen and oxygen atoms in total. The Kier molecular flexibility index (Phi) is 6.32. The van der Waals surface area contributed by atoms with Gasteiger partial charge in [0, 0.05) is 27.4 Å². The molecule has 0 atom stereocenters. The molecule has 0 spiro atoms. The van der Waals surface area contributed by atoms with Crippen LogP contribution in [0.3, 0.4) is 0 Å². The highest BCUT2D eigenvalue weighted by Crippen LogP contribution is 2.23. The van der Waals surface area contributed by atoms with Gasteiger partial charge in [0.25, 0.3) is 0 Å².